The number of carboxylic acid groups (broad SMARTS) is 1. The second kappa shape index (κ2) is 12.2. The molecular formula is C12H24O2Zn. The van der Waals surface area contributed by atoms with Crippen LogP contribution in [0.15, 0.2) is 0 Å². The number of hydrogen-bond donors (Lipinski definition) is 1. The van der Waals surface area contributed by atoms with E-state index in [0.717, 1.165) is 19.3 Å². The van der Waals surface area contributed by atoms with Crippen LogP contribution < -0.4 is 0 Å². The summed E-state index contributed by atoms with van der Waals surface area (Å²) in [7, 11) is 0. The minimum Gasteiger partial charge on any atom is -0.481 e. The van der Waals surface area contributed by atoms with Gasteiger partial charge in [0, 0.05) is 19.5 Å². The van der Waals surface area contributed by atoms with Crippen LogP contribution in [0.25, 0.3) is 0 Å². The third-order valence-corrected chi connectivity index (χ3v) is 2.75. The number of hydrogen-bond acceptors (Lipinski definition) is 1. The van der Waals surface area contributed by atoms with Crippen molar-refractivity contribution in [3.8, 4) is 0 Å². The SMILES string of the molecule is CCCCCCCCC(CC)C(=O)O.[Zn]. The Morgan fingerprint density at radius 2 is 1.60 bits per heavy atom. The Bertz CT molecular complexity index is 149. The van der Waals surface area contributed by atoms with Crippen LogP contribution in [0.3, 0.4) is 0 Å². The fourth-order valence-electron chi connectivity index (χ4n) is 1.67. The molecule has 0 rings (SSSR count). The van der Waals surface area contributed by atoms with E-state index in [2.05, 4.69) is 6.92 Å². The largest absolute Gasteiger partial charge is 0.481 e. The molecule has 0 bridgehead atoms. The van der Waals surface area contributed by atoms with Crippen molar-refractivity contribution in [2.24, 2.45) is 5.92 Å². The Morgan fingerprint density at radius 3 is 2.07 bits per heavy atom. The summed E-state index contributed by atoms with van der Waals surface area (Å²) in [5.41, 5.74) is 0. The molecule has 2 nitrogen and oxygen atoms in total. The second-order valence-electron chi connectivity index (χ2n) is 4.00. The smallest absolute Gasteiger partial charge is 0.306 e. The summed E-state index contributed by atoms with van der Waals surface area (Å²) in [6.45, 7) is 4.16. The molecule has 0 saturated heterocycles. The Labute approximate surface area is 107 Å². The normalized spacial score (nSPS) is 11.9. The monoisotopic (exact) mass is 264 g/mol. The third-order valence-electron chi connectivity index (χ3n) is 2.75. The van der Waals surface area contributed by atoms with Crippen LogP contribution in [0.1, 0.15) is 65.2 Å². The van der Waals surface area contributed by atoms with Crippen LogP contribution in [0.5, 0.6) is 0 Å². The molecule has 0 radical (unpaired) electrons. The van der Waals surface area contributed by atoms with Gasteiger partial charge >= 0.3 is 5.97 Å². The summed E-state index contributed by atoms with van der Waals surface area (Å²) in [5, 5.41) is 8.81. The minimum atomic E-state index is -0.624. The van der Waals surface area contributed by atoms with Gasteiger partial charge in [-0.3, -0.25) is 4.79 Å². The summed E-state index contributed by atoms with van der Waals surface area (Å²) in [4.78, 5) is 10.7. The van der Waals surface area contributed by atoms with Gasteiger partial charge in [-0.05, 0) is 12.8 Å². The van der Waals surface area contributed by atoms with Crippen LogP contribution in [0.2, 0.25) is 0 Å². The molecule has 0 aromatic rings. The molecular weight excluding hydrogens is 242 g/mol. The van der Waals surface area contributed by atoms with E-state index in [-0.39, 0.29) is 25.4 Å². The summed E-state index contributed by atoms with van der Waals surface area (Å²) in [5.74, 6) is -0.734. The van der Waals surface area contributed by atoms with E-state index in [9.17, 15) is 4.79 Å². The van der Waals surface area contributed by atoms with Gasteiger partial charge in [0.25, 0.3) is 0 Å². The van der Waals surface area contributed by atoms with Gasteiger partial charge in [-0.1, -0.05) is 52.4 Å². The molecule has 0 aromatic heterocycles. The number of unbranched alkanes of at least 4 members (excludes halogenated alkanes) is 5. The third kappa shape index (κ3) is 10.4. The number of carboxylic acids is 1. The summed E-state index contributed by atoms with van der Waals surface area (Å²) >= 11 is 0. The second-order valence-corrected chi connectivity index (χ2v) is 4.00. The van der Waals surface area contributed by atoms with Crippen LogP contribution in [-0.2, 0) is 24.3 Å². The molecule has 0 saturated carbocycles. The van der Waals surface area contributed by atoms with Gasteiger partial charge in [-0.2, -0.15) is 0 Å². The van der Waals surface area contributed by atoms with Crippen LogP contribution >= 0.6 is 0 Å². The molecule has 1 atom stereocenters. The molecule has 0 aliphatic heterocycles. The summed E-state index contributed by atoms with van der Waals surface area (Å²) < 4.78 is 0. The molecule has 1 N–H and O–H groups in total. The molecule has 15 heavy (non-hydrogen) atoms. The van der Waals surface area contributed by atoms with E-state index < -0.39 is 5.97 Å². The van der Waals surface area contributed by atoms with Gasteiger partial charge in [-0.15, -0.1) is 0 Å². The Balaban J connectivity index is 0. The minimum absolute atomic E-state index is 0. The maximum absolute atomic E-state index is 10.7. The maximum Gasteiger partial charge on any atom is 0.306 e. The Hall–Kier alpha value is 0.0934. The van der Waals surface area contributed by atoms with Crippen molar-refractivity contribution in [2.45, 2.75) is 65.2 Å². The van der Waals surface area contributed by atoms with Gasteiger partial charge in [0.2, 0.25) is 0 Å². The molecule has 0 aromatic carbocycles. The average molecular weight is 266 g/mol. The van der Waals surface area contributed by atoms with E-state index in [1.54, 1.807) is 0 Å². The predicted molar refractivity (Wildman–Crippen MR) is 59.4 cm³/mol. The first kappa shape index (κ1) is 17.5. The molecule has 0 heterocycles. The van der Waals surface area contributed by atoms with E-state index in [1.807, 2.05) is 6.92 Å². The van der Waals surface area contributed by atoms with E-state index in [0.29, 0.717) is 0 Å². The van der Waals surface area contributed by atoms with Crippen molar-refractivity contribution >= 4 is 5.97 Å². The number of rotatable bonds is 9. The first-order chi connectivity index (χ1) is 6.72. The standard InChI is InChI=1S/C12H24O2.Zn/c1-3-5-6-7-8-9-10-11(4-2)12(13)14;/h11H,3-10H2,1-2H3,(H,13,14);. The molecule has 86 valence electrons. The zero-order valence-corrected chi connectivity index (χ0v) is 13.3. The van der Waals surface area contributed by atoms with Crippen molar-refractivity contribution in [3.63, 3.8) is 0 Å². The Kier molecular flexibility index (Phi) is 14.2. The van der Waals surface area contributed by atoms with Crippen molar-refractivity contribution < 1.29 is 29.4 Å². The van der Waals surface area contributed by atoms with Crippen LogP contribution in [0, 0.1) is 5.92 Å². The van der Waals surface area contributed by atoms with Gasteiger partial charge < -0.3 is 5.11 Å². The van der Waals surface area contributed by atoms with Crippen LogP contribution in [0.4, 0.5) is 0 Å². The van der Waals surface area contributed by atoms with Crippen molar-refractivity contribution in [3.05, 3.63) is 0 Å². The Morgan fingerprint density at radius 1 is 1.07 bits per heavy atom. The maximum atomic E-state index is 10.7. The molecule has 0 fully saturated rings. The molecule has 0 aliphatic carbocycles. The molecule has 1 unspecified atom stereocenters. The van der Waals surface area contributed by atoms with Crippen molar-refractivity contribution in [1.29, 1.82) is 0 Å². The number of aliphatic carboxylic acids is 1. The average Bonchev–Trinajstić information content (AvgIpc) is 2.16. The molecule has 0 amide bonds. The van der Waals surface area contributed by atoms with Crippen molar-refractivity contribution in [2.75, 3.05) is 0 Å². The van der Waals surface area contributed by atoms with Gasteiger partial charge in [-0.25, -0.2) is 0 Å². The molecule has 0 spiro atoms. The zero-order chi connectivity index (χ0) is 10.8. The molecule has 3 heteroatoms. The first-order valence-corrected chi connectivity index (χ1v) is 5.95. The quantitative estimate of drug-likeness (QED) is 0.508. The van der Waals surface area contributed by atoms with Gasteiger partial charge in [0.1, 0.15) is 0 Å². The zero-order valence-electron chi connectivity index (χ0n) is 10.3. The van der Waals surface area contributed by atoms with Gasteiger partial charge in [0.15, 0.2) is 0 Å². The van der Waals surface area contributed by atoms with E-state index in [4.69, 9.17) is 5.11 Å². The topological polar surface area (TPSA) is 37.3 Å². The predicted octanol–water partition coefficient (Wildman–Crippen LogP) is 3.85. The van der Waals surface area contributed by atoms with Crippen molar-refractivity contribution in [1.82, 2.24) is 0 Å². The summed E-state index contributed by atoms with van der Waals surface area (Å²) in [6.07, 6.45) is 9.06. The summed E-state index contributed by atoms with van der Waals surface area (Å²) in [6, 6.07) is 0. The number of carbonyl (C=O) groups is 1. The van der Waals surface area contributed by atoms with Crippen LogP contribution in [-0.4, -0.2) is 11.1 Å². The van der Waals surface area contributed by atoms with E-state index >= 15 is 0 Å². The fourth-order valence-corrected chi connectivity index (χ4v) is 1.67. The fraction of sp³-hybridized carbons (Fsp3) is 0.917. The first-order valence-electron chi connectivity index (χ1n) is 5.95. The van der Waals surface area contributed by atoms with Gasteiger partial charge in [0.05, 0.1) is 5.92 Å². The molecule has 0 aliphatic rings. The van der Waals surface area contributed by atoms with E-state index in [1.165, 1.54) is 32.1 Å².